The third kappa shape index (κ3) is 4.51. The van der Waals surface area contributed by atoms with Gasteiger partial charge in [-0.15, -0.1) is 0 Å². The molecule has 6 heteroatoms. The molecule has 1 fully saturated rings. The molecule has 1 saturated heterocycles. The van der Waals surface area contributed by atoms with E-state index in [0.717, 1.165) is 44.8 Å². The van der Waals surface area contributed by atoms with Gasteiger partial charge in [0.15, 0.2) is 5.82 Å². The number of aromatic nitrogens is 2. The average Bonchev–Trinajstić information content (AvgIpc) is 3.00. The fourth-order valence-electron chi connectivity index (χ4n) is 2.95. The van der Waals surface area contributed by atoms with E-state index in [-0.39, 0.29) is 5.82 Å². The van der Waals surface area contributed by atoms with Crippen molar-refractivity contribution in [3.63, 3.8) is 0 Å². The summed E-state index contributed by atoms with van der Waals surface area (Å²) in [6.45, 7) is 5.51. The highest BCUT2D eigenvalue weighted by atomic mass is 19.1. The molecule has 124 valence electrons. The number of piperidine rings is 1. The Morgan fingerprint density at radius 3 is 2.91 bits per heavy atom. The van der Waals surface area contributed by atoms with E-state index in [4.69, 9.17) is 9.26 Å². The molecule has 0 bridgehead atoms. The van der Waals surface area contributed by atoms with Crippen molar-refractivity contribution >= 4 is 0 Å². The number of likely N-dealkylation sites (tertiary alicyclic amines) is 1. The van der Waals surface area contributed by atoms with Gasteiger partial charge < -0.3 is 14.2 Å². The predicted molar refractivity (Wildman–Crippen MR) is 84.0 cm³/mol. The first kappa shape index (κ1) is 15.9. The van der Waals surface area contributed by atoms with Crippen molar-refractivity contribution in [2.24, 2.45) is 0 Å². The normalized spacial score (nSPS) is 19.0. The maximum Gasteiger partial charge on any atom is 0.231 e. The summed E-state index contributed by atoms with van der Waals surface area (Å²) in [7, 11) is 0. The third-order valence-corrected chi connectivity index (χ3v) is 4.10. The van der Waals surface area contributed by atoms with Crippen LogP contribution in [0.25, 0.3) is 0 Å². The molecular formula is C17H22FN3O2. The fraction of sp³-hybridized carbons (Fsp3) is 0.529. The highest BCUT2D eigenvalue weighted by molar-refractivity contribution is 5.21. The summed E-state index contributed by atoms with van der Waals surface area (Å²) >= 11 is 0. The number of hydrogen-bond donors (Lipinski definition) is 0. The molecule has 2 heterocycles. The largest absolute Gasteiger partial charge is 0.494 e. The SMILES string of the molecule is Cc1noc(C2CCCN(CCCOc3ccc(F)cc3)C2)n1. The summed E-state index contributed by atoms with van der Waals surface area (Å²) in [5, 5.41) is 3.88. The molecule has 1 aromatic carbocycles. The third-order valence-electron chi connectivity index (χ3n) is 4.10. The summed E-state index contributed by atoms with van der Waals surface area (Å²) in [4.78, 5) is 6.77. The Labute approximate surface area is 135 Å². The van der Waals surface area contributed by atoms with Crippen LogP contribution in [0, 0.1) is 12.7 Å². The van der Waals surface area contributed by atoms with Crippen LogP contribution in [0.15, 0.2) is 28.8 Å². The Kier molecular flexibility index (Phi) is 5.23. The van der Waals surface area contributed by atoms with E-state index >= 15 is 0 Å². The second-order valence-electron chi connectivity index (χ2n) is 5.98. The number of aryl methyl sites for hydroxylation is 1. The molecule has 1 aliphatic heterocycles. The van der Waals surface area contributed by atoms with Crippen LogP contribution in [-0.4, -0.2) is 41.3 Å². The van der Waals surface area contributed by atoms with Gasteiger partial charge in [0.05, 0.1) is 12.5 Å². The lowest BCUT2D eigenvalue weighted by Crippen LogP contribution is -2.35. The zero-order valence-electron chi connectivity index (χ0n) is 13.4. The van der Waals surface area contributed by atoms with E-state index in [1.54, 1.807) is 12.1 Å². The van der Waals surface area contributed by atoms with Crippen molar-refractivity contribution in [3.8, 4) is 5.75 Å². The van der Waals surface area contributed by atoms with Crippen LogP contribution in [0.2, 0.25) is 0 Å². The maximum absolute atomic E-state index is 12.8. The van der Waals surface area contributed by atoms with Gasteiger partial charge in [0.2, 0.25) is 5.89 Å². The number of halogens is 1. The smallest absolute Gasteiger partial charge is 0.231 e. The van der Waals surface area contributed by atoms with Crippen molar-refractivity contribution < 1.29 is 13.7 Å². The first-order chi connectivity index (χ1) is 11.2. The minimum atomic E-state index is -0.243. The molecule has 5 nitrogen and oxygen atoms in total. The first-order valence-corrected chi connectivity index (χ1v) is 8.11. The van der Waals surface area contributed by atoms with E-state index in [9.17, 15) is 4.39 Å². The molecule has 0 N–H and O–H groups in total. The molecule has 3 rings (SSSR count). The maximum atomic E-state index is 12.8. The number of benzene rings is 1. The number of rotatable bonds is 6. The Balaban J connectivity index is 1.40. The van der Waals surface area contributed by atoms with Crippen molar-refractivity contribution in [1.82, 2.24) is 15.0 Å². The standard InChI is InChI=1S/C17H22FN3O2/c1-13-19-17(23-20-13)14-4-2-9-21(12-14)10-3-11-22-16-7-5-15(18)6-8-16/h5-8,14H,2-4,9-12H2,1H3. The van der Waals surface area contributed by atoms with Gasteiger partial charge in [-0.05, 0) is 57.0 Å². The highest BCUT2D eigenvalue weighted by Crippen LogP contribution is 2.25. The lowest BCUT2D eigenvalue weighted by atomic mass is 9.98. The number of hydrogen-bond acceptors (Lipinski definition) is 5. The Hall–Kier alpha value is -1.95. The van der Waals surface area contributed by atoms with Crippen LogP contribution >= 0.6 is 0 Å². The fourth-order valence-corrected chi connectivity index (χ4v) is 2.95. The first-order valence-electron chi connectivity index (χ1n) is 8.11. The van der Waals surface area contributed by atoms with Gasteiger partial charge in [-0.25, -0.2) is 4.39 Å². The molecule has 1 aromatic heterocycles. The van der Waals surface area contributed by atoms with Crippen LogP contribution in [0.3, 0.4) is 0 Å². The summed E-state index contributed by atoms with van der Waals surface area (Å²) in [6, 6.07) is 6.14. The number of nitrogens with zero attached hydrogens (tertiary/aromatic N) is 3. The minimum absolute atomic E-state index is 0.243. The Morgan fingerprint density at radius 2 is 2.17 bits per heavy atom. The summed E-state index contributed by atoms with van der Waals surface area (Å²) in [5.41, 5.74) is 0. The summed E-state index contributed by atoms with van der Waals surface area (Å²) in [6.07, 6.45) is 3.18. The van der Waals surface area contributed by atoms with E-state index in [0.29, 0.717) is 24.1 Å². The number of ether oxygens (including phenoxy) is 1. The van der Waals surface area contributed by atoms with Gasteiger partial charge in [0.1, 0.15) is 11.6 Å². The molecule has 0 radical (unpaired) electrons. The lowest BCUT2D eigenvalue weighted by Gasteiger charge is -2.30. The van der Waals surface area contributed by atoms with Gasteiger partial charge >= 0.3 is 0 Å². The van der Waals surface area contributed by atoms with Crippen LogP contribution in [0.1, 0.15) is 36.9 Å². The van der Waals surface area contributed by atoms with Gasteiger partial charge in [0.25, 0.3) is 0 Å². The molecule has 0 saturated carbocycles. The molecule has 1 atom stereocenters. The van der Waals surface area contributed by atoms with Crippen LogP contribution in [0.5, 0.6) is 5.75 Å². The molecule has 0 amide bonds. The van der Waals surface area contributed by atoms with Crippen molar-refractivity contribution in [2.45, 2.75) is 32.1 Å². The van der Waals surface area contributed by atoms with Crippen molar-refractivity contribution in [3.05, 3.63) is 41.8 Å². The zero-order chi connectivity index (χ0) is 16.1. The van der Waals surface area contributed by atoms with E-state index < -0.39 is 0 Å². The van der Waals surface area contributed by atoms with Crippen molar-refractivity contribution in [2.75, 3.05) is 26.2 Å². The van der Waals surface area contributed by atoms with E-state index in [1.807, 2.05) is 6.92 Å². The topological polar surface area (TPSA) is 51.4 Å². The Morgan fingerprint density at radius 1 is 1.35 bits per heavy atom. The molecule has 0 spiro atoms. The van der Waals surface area contributed by atoms with Gasteiger partial charge in [0, 0.05) is 13.1 Å². The monoisotopic (exact) mass is 319 g/mol. The molecule has 1 unspecified atom stereocenters. The van der Waals surface area contributed by atoms with Crippen LogP contribution in [0.4, 0.5) is 4.39 Å². The highest BCUT2D eigenvalue weighted by Gasteiger charge is 2.25. The summed E-state index contributed by atoms with van der Waals surface area (Å²) in [5.74, 6) is 2.26. The molecule has 23 heavy (non-hydrogen) atoms. The van der Waals surface area contributed by atoms with Crippen molar-refractivity contribution in [1.29, 1.82) is 0 Å². The molecule has 0 aliphatic carbocycles. The van der Waals surface area contributed by atoms with Crippen LogP contribution in [-0.2, 0) is 0 Å². The lowest BCUT2D eigenvalue weighted by molar-refractivity contribution is 0.173. The second-order valence-corrected chi connectivity index (χ2v) is 5.98. The quantitative estimate of drug-likeness (QED) is 0.766. The molecule has 1 aliphatic rings. The Bertz CT molecular complexity index is 615. The summed E-state index contributed by atoms with van der Waals surface area (Å²) < 4.78 is 23.8. The molecule has 2 aromatic rings. The predicted octanol–water partition coefficient (Wildman–Crippen LogP) is 3.17. The second kappa shape index (κ2) is 7.55. The van der Waals surface area contributed by atoms with E-state index in [2.05, 4.69) is 15.0 Å². The van der Waals surface area contributed by atoms with Crippen LogP contribution < -0.4 is 4.74 Å². The average molecular weight is 319 g/mol. The van der Waals surface area contributed by atoms with Gasteiger partial charge in [-0.3, -0.25) is 0 Å². The van der Waals surface area contributed by atoms with Gasteiger partial charge in [-0.1, -0.05) is 5.16 Å². The zero-order valence-corrected chi connectivity index (χ0v) is 13.4. The van der Waals surface area contributed by atoms with Gasteiger partial charge in [-0.2, -0.15) is 4.98 Å². The molecular weight excluding hydrogens is 297 g/mol. The minimum Gasteiger partial charge on any atom is -0.494 e. The van der Waals surface area contributed by atoms with E-state index in [1.165, 1.54) is 12.1 Å².